The molecule has 4 heterocycles. The molecule has 0 aliphatic carbocycles. The highest BCUT2D eigenvalue weighted by Gasteiger charge is 2.43. The van der Waals surface area contributed by atoms with Crippen molar-refractivity contribution in [2.45, 2.75) is 245 Å². The van der Waals surface area contributed by atoms with Gasteiger partial charge in [0.2, 0.25) is 13.5 Å². The molecule has 6 amide bonds. The number of fused-ring (bicyclic) bond motifs is 2. The van der Waals surface area contributed by atoms with Gasteiger partial charge in [-0.05, 0) is 188 Å². The maximum Gasteiger partial charge on any atom is 0.408 e. The third-order valence-electron chi connectivity index (χ3n) is 19.8. The van der Waals surface area contributed by atoms with Crippen LogP contribution in [0.25, 0.3) is 34.0 Å². The zero-order chi connectivity index (χ0) is 102. The molecule has 2 aromatic heterocycles. The molecule has 134 heavy (non-hydrogen) atoms. The van der Waals surface area contributed by atoms with Crippen molar-refractivity contribution in [3.63, 3.8) is 0 Å². The van der Waals surface area contributed by atoms with Crippen LogP contribution in [0.2, 0.25) is 0 Å². The lowest BCUT2D eigenvalue weighted by molar-refractivity contribution is -0.385. The number of aryl methyl sites for hydroxylation is 2. The molecule has 42 heteroatoms. The lowest BCUT2D eigenvalue weighted by Crippen LogP contribution is -2.60. The number of rotatable bonds is 25. The highest BCUT2D eigenvalue weighted by atomic mass is 35.6. The SMILES string of the molecule is C[C@@H](NC(=O)OC(C)(C)C)c1ccc2ccc(/C=C/C(C)(C)C(=O)O)cc2n1.C[C@H](NC(=O)[C@@H](O)C(C)(C)C)C(=O)N1CCC[C@@H](C(=O)OCC(Cl)(Cl)Cl)N1.C[C@H](NC(=O)[C@@H](OC(=O)C(C)(C)/C=C/c1ccc2ccc([C@@H](C)NC(=O)OC(C)(C)C)nc2c1)C(C)(C)C)C(=O)N1CCC[C@@H](C(=O)OCC(Cl)(Cl)Cl)N1.Cc1cccc([N+](=O)[O-])c1C(=O)OC(=O)c1c(C)cccc1[N+](=O)[O-]. The van der Waals surface area contributed by atoms with Gasteiger partial charge in [-0.1, -0.05) is 196 Å². The Labute approximate surface area is 807 Å². The van der Waals surface area contributed by atoms with Gasteiger partial charge in [0.15, 0.2) is 6.10 Å². The summed E-state index contributed by atoms with van der Waals surface area (Å²) in [6.07, 6.45) is 5.25. The number of hydrogen-bond acceptors (Lipinski definition) is 27. The number of esters is 5. The van der Waals surface area contributed by atoms with Crippen LogP contribution >= 0.6 is 69.6 Å². The first-order valence-corrected chi connectivity index (χ1v) is 44.6. The monoisotopic (exact) mass is 1980 g/mol. The third-order valence-corrected chi connectivity index (χ3v) is 20.4. The van der Waals surface area contributed by atoms with E-state index in [1.165, 1.54) is 62.0 Å². The number of hydrogen-bond donors (Lipinski definition) is 8. The van der Waals surface area contributed by atoms with Crippen LogP contribution < -0.4 is 32.1 Å². The van der Waals surface area contributed by atoms with Crippen molar-refractivity contribution in [3.8, 4) is 0 Å². The number of aliphatic hydroxyl groups is 1. The summed E-state index contributed by atoms with van der Waals surface area (Å²) < 4.78 is 27.7. The van der Waals surface area contributed by atoms with Gasteiger partial charge in [0.05, 0.1) is 55.2 Å². The molecule has 732 valence electrons. The number of alkyl halides is 6. The molecule has 2 saturated heterocycles. The quantitative estimate of drug-likeness (QED) is 0.00659. The van der Waals surface area contributed by atoms with Crippen LogP contribution in [-0.4, -0.2) is 193 Å². The fourth-order valence-electron chi connectivity index (χ4n) is 12.4. The van der Waals surface area contributed by atoms with Crippen molar-refractivity contribution in [1.29, 1.82) is 0 Å². The minimum atomic E-state index is -1.78. The minimum Gasteiger partial charge on any atom is -0.481 e. The summed E-state index contributed by atoms with van der Waals surface area (Å²) in [4.78, 5) is 180. The van der Waals surface area contributed by atoms with Crippen molar-refractivity contribution < 1.29 is 106 Å². The highest BCUT2D eigenvalue weighted by Crippen LogP contribution is 2.34. The van der Waals surface area contributed by atoms with E-state index >= 15 is 0 Å². The lowest BCUT2D eigenvalue weighted by atomic mass is 9.87. The second kappa shape index (κ2) is 48.0. The number of aromatic nitrogens is 2. The van der Waals surface area contributed by atoms with Gasteiger partial charge in [0.25, 0.3) is 29.1 Å². The predicted molar refractivity (Wildman–Crippen MR) is 506 cm³/mol. The van der Waals surface area contributed by atoms with Crippen molar-refractivity contribution in [1.82, 2.24) is 52.1 Å². The van der Waals surface area contributed by atoms with Crippen LogP contribution in [0, 0.1) is 55.7 Å². The Kier molecular flexibility index (Phi) is 40.7. The fourth-order valence-corrected chi connectivity index (χ4v) is 12.7. The molecule has 6 aromatic rings. The number of benzene rings is 4. The zero-order valence-corrected chi connectivity index (χ0v) is 83.2. The summed E-state index contributed by atoms with van der Waals surface area (Å²) in [6.45, 7) is 37.2. The highest BCUT2D eigenvalue weighted by molar-refractivity contribution is 6.68. The van der Waals surface area contributed by atoms with Gasteiger partial charge in [-0.3, -0.25) is 78.6 Å². The maximum atomic E-state index is 13.6. The molecule has 0 spiro atoms. The first kappa shape index (κ1) is 114. The molecule has 0 radical (unpaired) electrons. The molecule has 2 aliphatic heterocycles. The molecule has 8 rings (SSSR count). The van der Waals surface area contributed by atoms with E-state index in [1.54, 1.807) is 114 Å². The number of nitrogens with zero attached hydrogens (tertiary/aromatic N) is 6. The van der Waals surface area contributed by atoms with Gasteiger partial charge in [-0.15, -0.1) is 0 Å². The number of nitro groups is 2. The summed E-state index contributed by atoms with van der Waals surface area (Å²) in [5.41, 5.74) is 3.95. The van der Waals surface area contributed by atoms with Crippen molar-refractivity contribution in [3.05, 3.63) is 174 Å². The van der Waals surface area contributed by atoms with Gasteiger partial charge >= 0.3 is 48.0 Å². The Morgan fingerprint density at radius 2 is 0.888 bits per heavy atom. The van der Waals surface area contributed by atoms with Crippen LogP contribution in [0.4, 0.5) is 21.0 Å². The van der Waals surface area contributed by atoms with Gasteiger partial charge < -0.3 is 59.9 Å². The zero-order valence-electron chi connectivity index (χ0n) is 78.6. The number of pyridine rings is 2. The Hall–Kier alpha value is -11.0. The number of carboxylic acids is 1. The van der Waals surface area contributed by atoms with E-state index in [0.29, 0.717) is 49.1 Å². The Morgan fingerprint density at radius 1 is 0.522 bits per heavy atom. The molecule has 0 saturated carbocycles. The van der Waals surface area contributed by atoms with E-state index < -0.39 is 189 Å². The summed E-state index contributed by atoms with van der Waals surface area (Å²) in [7, 11) is 0. The minimum absolute atomic E-state index is 0.242. The number of hydrazine groups is 2. The van der Waals surface area contributed by atoms with Crippen LogP contribution in [0.1, 0.15) is 231 Å². The van der Waals surface area contributed by atoms with Gasteiger partial charge in [-0.2, -0.15) is 0 Å². The van der Waals surface area contributed by atoms with Crippen molar-refractivity contribution in [2.75, 3.05) is 26.3 Å². The number of aliphatic hydroxyl groups excluding tert-OH is 1. The van der Waals surface area contributed by atoms with Crippen molar-refractivity contribution >= 4 is 187 Å². The summed E-state index contributed by atoms with van der Waals surface area (Å²) >= 11 is 33.7. The topological polar surface area (TPSA) is 491 Å². The second-order valence-corrected chi connectivity index (χ2v) is 42.1. The van der Waals surface area contributed by atoms with Crippen LogP contribution in [0.5, 0.6) is 0 Å². The largest absolute Gasteiger partial charge is 0.481 e. The van der Waals surface area contributed by atoms with Crippen molar-refractivity contribution in [2.24, 2.45) is 21.7 Å². The number of ether oxygens (including phenoxy) is 6. The number of carbonyl (C=O) groups excluding carboxylic acids is 11. The van der Waals surface area contributed by atoms with E-state index in [2.05, 4.69) is 41.8 Å². The average Bonchev–Trinajstić information content (AvgIpc) is 0.802. The number of nitrogens with one attached hydrogen (secondary N) is 6. The smallest absolute Gasteiger partial charge is 0.408 e. The third kappa shape index (κ3) is 36.4. The number of carboxylic acid groups (broad SMARTS) is 1. The molecule has 36 nitrogen and oxygen atoms in total. The van der Waals surface area contributed by atoms with Crippen LogP contribution in [0.3, 0.4) is 0 Å². The van der Waals surface area contributed by atoms with Gasteiger partial charge in [0.1, 0.15) is 65.8 Å². The molecule has 2 fully saturated rings. The number of amides is 6. The first-order valence-electron chi connectivity index (χ1n) is 42.4. The Bertz CT molecular complexity index is 5290. The Morgan fingerprint density at radius 3 is 1.23 bits per heavy atom. The van der Waals surface area contributed by atoms with Gasteiger partial charge in [0, 0.05) is 41.4 Å². The molecule has 8 atom stereocenters. The number of aliphatic carboxylic acids is 1. The number of halogens is 6. The van der Waals surface area contributed by atoms with Crippen LogP contribution in [-0.2, 0) is 66.8 Å². The van der Waals surface area contributed by atoms with E-state index in [0.717, 1.165) is 39.5 Å². The van der Waals surface area contributed by atoms with Gasteiger partial charge in [-0.25, -0.2) is 30.0 Å². The van der Waals surface area contributed by atoms with E-state index in [1.807, 2.05) is 95.3 Å². The first-order chi connectivity index (χ1) is 61.6. The van der Waals surface area contributed by atoms with E-state index in [9.17, 15) is 88.0 Å². The summed E-state index contributed by atoms with van der Waals surface area (Å²) in [5.74, 6) is -7.58. The molecule has 8 N–H and O–H groups in total. The summed E-state index contributed by atoms with van der Waals surface area (Å²) in [5, 5.41) is 56.4. The molecular weight excluding hydrogens is 1870 g/mol. The normalized spacial score (nSPS) is 15.9. The average molecular weight is 1990 g/mol. The van der Waals surface area contributed by atoms with E-state index in [4.69, 9.17) is 98.3 Å². The van der Waals surface area contributed by atoms with Crippen LogP contribution in [0.15, 0.2) is 109 Å². The Balaban J connectivity index is 0.000000337. The number of nitro benzene ring substituents is 2. The van der Waals surface area contributed by atoms with E-state index in [-0.39, 0.29) is 34.8 Å². The standard InChI is InChI=1S/C38H52Cl3N5O8.C22H28N2O4.C16H26Cl3N3O5.C16H12N2O7/c1-22(43-34(51)54-36(6,7)8)26-16-15-25-14-13-24(20-28(25)44-26)17-18-37(9,10)33(50)53-29(35(3,4)5)30(47)42-23(2)31(48)46-19-11-12-27(45-46)32(49)52-21-38(39,40)41;1-14(23-20(27)28-21(2,3)4)17-10-9-16-8-7-15(13-18(16)24-17)11-12-22(5,6)19(25)26;1-9(20-12(24)11(23)15(2,3)4)13(25)22-7-5-6-10(21-22)14(26)27-8-16(17,18)19;1-9-5-3-7-11(17(21)22)13(9)15(19)25-16(20)14-10(2)6-4-8-12(14)18(23)24/h13-18,20,22-23,27,29,45H,11-12,19,21H2,1-10H3,(H,42,47)(H,43,51);7-14H,1-6H3,(H,23,27)(H,25,26);9-11,21,23H,5-8H2,1-4H3,(H,20,24);3-8H,1-2H3/b18-17+;12-11+;;/t22-,23+,27+,29-;14-;9-,10-,11+;/m110./s1. The molecular formula is C92H118Cl6N12O24. The number of alkyl carbamates (subject to hydrolysis) is 2. The second-order valence-electron chi connectivity index (χ2n) is 37.1. The molecule has 4 aromatic carbocycles. The molecule has 0 unspecified atom stereocenters. The summed E-state index contributed by atoms with van der Waals surface area (Å²) in [6, 6.07) is 22.6. The fraction of sp³-hybridized carbons (Fsp3) is 0.500. The molecule has 0 bridgehead atoms. The predicted octanol–water partition coefficient (Wildman–Crippen LogP) is 16.1. The number of carbonyl (C=O) groups is 12. The lowest BCUT2D eigenvalue weighted by Gasteiger charge is -2.35. The maximum absolute atomic E-state index is 13.6. The molecule has 2 aliphatic rings.